The van der Waals surface area contributed by atoms with Crippen molar-refractivity contribution in [3.8, 4) is 0 Å². The zero-order chi connectivity index (χ0) is 11.2. The van der Waals surface area contributed by atoms with Crippen LogP contribution in [0.1, 0.15) is 51.4 Å². The maximum atomic E-state index is 9.08. The van der Waals surface area contributed by atoms with E-state index in [1.165, 1.54) is 71.0 Å². The van der Waals surface area contributed by atoms with E-state index >= 15 is 0 Å². The Morgan fingerprint density at radius 1 is 0.938 bits per heavy atom. The lowest BCUT2D eigenvalue weighted by atomic mass is 9.97. The van der Waals surface area contributed by atoms with Crippen molar-refractivity contribution in [1.29, 1.82) is 0 Å². The molecule has 94 valence electrons. The van der Waals surface area contributed by atoms with E-state index in [1.807, 2.05) is 0 Å². The Labute approximate surface area is 100 Å². The number of likely N-dealkylation sites (tertiary alicyclic amines) is 1. The predicted molar refractivity (Wildman–Crippen MR) is 67.4 cm³/mol. The van der Waals surface area contributed by atoms with Crippen molar-refractivity contribution in [2.45, 2.75) is 51.4 Å². The molecule has 1 saturated carbocycles. The molecule has 2 fully saturated rings. The first kappa shape index (κ1) is 12.4. The minimum atomic E-state index is 0.399. The second kappa shape index (κ2) is 6.61. The molecule has 0 radical (unpaired) electrons. The van der Waals surface area contributed by atoms with Gasteiger partial charge in [-0.25, -0.2) is 0 Å². The summed E-state index contributed by atoms with van der Waals surface area (Å²) in [4.78, 5) is 2.60. The van der Waals surface area contributed by atoms with Crippen molar-refractivity contribution in [3.63, 3.8) is 0 Å². The summed E-state index contributed by atoms with van der Waals surface area (Å²) in [6, 6.07) is 0. The fraction of sp³-hybridized carbons (Fsp3) is 1.00. The number of rotatable bonds is 5. The monoisotopic (exact) mass is 225 g/mol. The molecule has 1 N–H and O–H groups in total. The van der Waals surface area contributed by atoms with Crippen LogP contribution < -0.4 is 0 Å². The average molecular weight is 225 g/mol. The third-order valence-corrected chi connectivity index (χ3v) is 4.53. The second-order valence-corrected chi connectivity index (χ2v) is 5.76. The highest BCUT2D eigenvalue weighted by Crippen LogP contribution is 2.28. The van der Waals surface area contributed by atoms with Gasteiger partial charge in [-0.1, -0.05) is 25.7 Å². The first-order valence-electron chi connectivity index (χ1n) is 7.21. The van der Waals surface area contributed by atoms with Gasteiger partial charge in [-0.2, -0.15) is 0 Å². The van der Waals surface area contributed by atoms with Crippen LogP contribution in [-0.2, 0) is 0 Å². The number of nitrogens with zero attached hydrogens (tertiary/aromatic N) is 1. The van der Waals surface area contributed by atoms with Gasteiger partial charge in [0.25, 0.3) is 0 Å². The van der Waals surface area contributed by atoms with Crippen LogP contribution in [0.25, 0.3) is 0 Å². The Kier molecular flexibility index (Phi) is 5.11. The van der Waals surface area contributed by atoms with Crippen LogP contribution in [0, 0.1) is 11.8 Å². The molecule has 0 aromatic carbocycles. The van der Waals surface area contributed by atoms with E-state index in [2.05, 4.69) is 4.90 Å². The molecule has 16 heavy (non-hydrogen) atoms. The molecule has 0 amide bonds. The van der Waals surface area contributed by atoms with Gasteiger partial charge >= 0.3 is 0 Å². The molecule has 0 unspecified atom stereocenters. The van der Waals surface area contributed by atoms with Gasteiger partial charge < -0.3 is 10.0 Å². The van der Waals surface area contributed by atoms with E-state index < -0.39 is 0 Å². The Morgan fingerprint density at radius 3 is 2.25 bits per heavy atom. The zero-order valence-electron chi connectivity index (χ0n) is 10.5. The van der Waals surface area contributed by atoms with E-state index in [0.717, 1.165) is 5.92 Å². The zero-order valence-corrected chi connectivity index (χ0v) is 10.5. The Bertz CT molecular complexity index is 181. The highest BCUT2D eigenvalue weighted by Gasteiger charge is 2.19. The third kappa shape index (κ3) is 3.74. The van der Waals surface area contributed by atoms with E-state index in [4.69, 9.17) is 5.11 Å². The van der Waals surface area contributed by atoms with Crippen LogP contribution in [0.4, 0.5) is 0 Å². The number of hydrogen-bond acceptors (Lipinski definition) is 2. The molecule has 0 aromatic rings. The summed E-state index contributed by atoms with van der Waals surface area (Å²) in [6.07, 6.45) is 11.2. The predicted octanol–water partition coefficient (Wildman–Crippen LogP) is 2.66. The SMILES string of the molecule is OCC1CCN(CCCC2CCCC2)CC1. The van der Waals surface area contributed by atoms with Gasteiger partial charge in [0, 0.05) is 6.61 Å². The lowest BCUT2D eigenvalue weighted by molar-refractivity contribution is 0.129. The smallest absolute Gasteiger partial charge is 0.0460 e. The van der Waals surface area contributed by atoms with E-state index in [0.29, 0.717) is 12.5 Å². The highest BCUT2D eigenvalue weighted by molar-refractivity contribution is 4.73. The lowest BCUT2D eigenvalue weighted by Gasteiger charge is -2.31. The summed E-state index contributed by atoms with van der Waals surface area (Å²) in [5.74, 6) is 1.64. The van der Waals surface area contributed by atoms with Gasteiger partial charge in [-0.3, -0.25) is 0 Å². The van der Waals surface area contributed by atoms with Crippen molar-refractivity contribution in [2.75, 3.05) is 26.2 Å². The Morgan fingerprint density at radius 2 is 1.62 bits per heavy atom. The van der Waals surface area contributed by atoms with Gasteiger partial charge in [0.15, 0.2) is 0 Å². The molecule has 2 aliphatic rings. The van der Waals surface area contributed by atoms with E-state index in [9.17, 15) is 0 Å². The number of aliphatic hydroxyl groups excluding tert-OH is 1. The molecule has 0 atom stereocenters. The Balaban J connectivity index is 1.53. The van der Waals surface area contributed by atoms with Crippen LogP contribution in [0.5, 0.6) is 0 Å². The van der Waals surface area contributed by atoms with Gasteiger partial charge in [0.1, 0.15) is 0 Å². The standard InChI is InChI=1S/C14H27NO/c16-12-14-7-10-15(11-8-14)9-3-6-13-4-1-2-5-13/h13-14,16H,1-12H2. The van der Waals surface area contributed by atoms with Gasteiger partial charge in [0.2, 0.25) is 0 Å². The summed E-state index contributed by atoms with van der Waals surface area (Å²) < 4.78 is 0. The van der Waals surface area contributed by atoms with Crippen LogP contribution in [0.3, 0.4) is 0 Å². The van der Waals surface area contributed by atoms with E-state index in [1.54, 1.807) is 0 Å². The maximum Gasteiger partial charge on any atom is 0.0460 e. The number of piperidine rings is 1. The van der Waals surface area contributed by atoms with Crippen LogP contribution in [0.15, 0.2) is 0 Å². The Hall–Kier alpha value is -0.0800. The quantitative estimate of drug-likeness (QED) is 0.777. The number of aliphatic hydroxyl groups is 1. The minimum absolute atomic E-state index is 0.399. The number of hydrogen-bond donors (Lipinski definition) is 1. The van der Waals surface area contributed by atoms with Crippen molar-refractivity contribution < 1.29 is 5.11 Å². The first-order chi connectivity index (χ1) is 7.88. The maximum absolute atomic E-state index is 9.08. The topological polar surface area (TPSA) is 23.5 Å². The minimum Gasteiger partial charge on any atom is -0.396 e. The fourth-order valence-electron chi connectivity index (χ4n) is 3.30. The summed E-state index contributed by atoms with van der Waals surface area (Å²) in [6.45, 7) is 4.14. The molecule has 2 nitrogen and oxygen atoms in total. The van der Waals surface area contributed by atoms with Gasteiger partial charge in [-0.15, -0.1) is 0 Å². The molecule has 0 bridgehead atoms. The van der Waals surface area contributed by atoms with E-state index in [-0.39, 0.29) is 0 Å². The third-order valence-electron chi connectivity index (χ3n) is 4.53. The molecule has 0 aromatic heterocycles. The molecular formula is C14H27NO. The summed E-state index contributed by atoms with van der Waals surface area (Å²) >= 11 is 0. The van der Waals surface area contributed by atoms with Crippen LogP contribution >= 0.6 is 0 Å². The van der Waals surface area contributed by atoms with Crippen molar-refractivity contribution in [3.05, 3.63) is 0 Å². The molecule has 1 saturated heterocycles. The first-order valence-corrected chi connectivity index (χ1v) is 7.21. The fourth-order valence-corrected chi connectivity index (χ4v) is 3.30. The second-order valence-electron chi connectivity index (χ2n) is 5.76. The van der Waals surface area contributed by atoms with Crippen LogP contribution in [-0.4, -0.2) is 36.2 Å². The largest absolute Gasteiger partial charge is 0.396 e. The van der Waals surface area contributed by atoms with Crippen LogP contribution in [0.2, 0.25) is 0 Å². The van der Waals surface area contributed by atoms with Crippen molar-refractivity contribution in [1.82, 2.24) is 4.90 Å². The molecule has 2 heteroatoms. The lowest BCUT2D eigenvalue weighted by Crippen LogP contribution is -2.35. The molecule has 1 aliphatic carbocycles. The molecule has 0 spiro atoms. The highest BCUT2D eigenvalue weighted by atomic mass is 16.3. The molecule has 2 rings (SSSR count). The summed E-state index contributed by atoms with van der Waals surface area (Å²) in [5, 5.41) is 9.08. The summed E-state index contributed by atoms with van der Waals surface area (Å²) in [5.41, 5.74) is 0. The molecule has 1 aliphatic heterocycles. The summed E-state index contributed by atoms with van der Waals surface area (Å²) in [7, 11) is 0. The average Bonchev–Trinajstić information content (AvgIpc) is 2.83. The normalized spacial score (nSPS) is 25.3. The molecular weight excluding hydrogens is 198 g/mol. The van der Waals surface area contributed by atoms with Gasteiger partial charge in [-0.05, 0) is 57.2 Å². The molecule has 1 heterocycles. The van der Waals surface area contributed by atoms with Crippen molar-refractivity contribution in [2.24, 2.45) is 11.8 Å². The van der Waals surface area contributed by atoms with Gasteiger partial charge in [0.05, 0.1) is 0 Å². The van der Waals surface area contributed by atoms with Crippen molar-refractivity contribution >= 4 is 0 Å².